The first-order chi connectivity index (χ1) is 14.2. The highest BCUT2D eigenvalue weighted by Gasteiger charge is 2.12. The summed E-state index contributed by atoms with van der Waals surface area (Å²) in [6.07, 6.45) is 0. The van der Waals surface area contributed by atoms with E-state index < -0.39 is 0 Å². The van der Waals surface area contributed by atoms with Gasteiger partial charge in [-0.1, -0.05) is 36.4 Å². The van der Waals surface area contributed by atoms with Crippen LogP contribution in [-0.4, -0.2) is 12.5 Å². The number of fused-ring (bicyclic) bond motifs is 1. The third kappa shape index (κ3) is 4.41. The Morgan fingerprint density at radius 2 is 1.69 bits per heavy atom. The van der Waals surface area contributed by atoms with Gasteiger partial charge in [-0.2, -0.15) is 0 Å². The number of hydrogen-bond donors (Lipinski definition) is 1. The summed E-state index contributed by atoms with van der Waals surface area (Å²) in [7, 11) is 0. The monoisotopic (exact) mass is 387 g/mol. The van der Waals surface area contributed by atoms with Crippen LogP contribution in [-0.2, 0) is 6.61 Å². The lowest BCUT2D eigenvalue weighted by Gasteiger charge is -2.08. The van der Waals surface area contributed by atoms with Gasteiger partial charge in [-0.3, -0.25) is 4.79 Å². The van der Waals surface area contributed by atoms with Crippen molar-refractivity contribution in [2.45, 2.75) is 13.5 Å². The predicted octanol–water partition coefficient (Wildman–Crippen LogP) is 5.66. The Kier molecular flexibility index (Phi) is 5.47. The van der Waals surface area contributed by atoms with Gasteiger partial charge in [0.2, 0.25) is 0 Å². The Morgan fingerprint density at radius 3 is 2.52 bits per heavy atom. The molecule has 1 heterocycles. The number of carbonyl (C=O) groups excluding carboxylic acids is 1. The molecule has 0 atom stereocenters. The number of benzene rings is 3. The number of carbonyl (C=O) groups is 1. The highest BCUT2D eigenvalue weighted by atomic mass is 16.5. The molecule has 0 fully saturated rings. The Labute approximate surface area is 168 Å². The van der Waals surface area contributed by atoms with E-state index >= 15 is 0 Å². The summed E-state index contributed by atoms with van der Waals surface area (Å²) in [4.78, 5) is 12.4. The second-order valence-electron chi connectivity index (χ2n) is 6.44. The Bertz CT molecular complexity index is 1110. The zero-order chi connectivity index (χ0) is 20.1. The van der Waals surface area contributed by atoms with Crippen molar-refractivity contribution in [3.05, 3.63) is 90.4 Å². The van der Waals surface area contributed by atoms with Gasteiger partial charge in [-0.05, 0) is 54.8 Å². The van der Waals surface area contributed by atoms with Gasteiger partial charge in [0, 0.05) is 11.1 Å². The van der Waals surface area contributed by atoms with Crippen molar-refractivity contribution in [3.63, 3.8) is 0 Å². The van der Waals surface area contributed by atoms with E-state index in [4.69, 9.17) is 13.9 Å². The third-order valence-electron chi connectivity index (χ3n) is 4.43. The first-order valence-electron chi connectivity index (χ1n) is 9.46. The fourth-order valence-electron chi connectivity index (χ4n) is 3.04. The molecule has 0 saturated carbocycles. The van der Waals surface area contributed by atoms with Gasteiger partial charge in [0.15, 0.2) is 5.76 Å². The van der Waals surface area contributed by atoms with Crippen LogP contribution in [0.15, 0.2) is 83.3 Å². The van der Waals surface area contributed by atoms with Gasteiger partial charge in [-0.15, -0.1) is 0 Å². The van der Waals surface area contributed by atoms with Crippen LogP contribution in [0.1, 0.15) is 23.2 Å². The first-order valence-corrected chi connectivity index (χ1v) is 9.46. The summed E-state index contributed by atoms with van der Waals surface area (Å²) < 4.78 is 17.0. The van der Waals surface area contributed by atoms with Crippen LogP contribution in [0, 0.1) is 0 Å². The molecule has 146 valence electrons. The molecule has 0 aliphatic heterocycles. The minimum atomic E-state index is -0.314. The molecule has 1 aromatic heterocycles. The SMILES string of the molecule is CCOc1ccc(NC(=O)c2ccc(COc3cccc4ccccc34)o2)cc1. The maximum atomic E-state index is 12.4. The fourth-order valence-corrected chi connectivity index (χ4v) is 3.04. The molecule has 0 aliphatic rings. The topological polar surface area (TPSA) is 60.7 Å². The summed E-state index contributed by atoms with van der Waals surface area (Å²) in [5, 5.41) is 4.96. The fraction of sp³-hybridized carbons (Fsp3) is 0.125. The highest BCUT2D eigenvalue weighted by Crippen LogP contribution is 2.26. The molecule has 29 heavy (non-hydrogen) atoms. The second kappa shape index (κ2) is 8.52. The van der Waals surface area contributed by atoms with Crippen LogP contribution in [0.4, 0.5) is 5.69 Å². The molecule has 0 bridgehead atoms. The van der Waals surface area contributed by atoms with E-state index in [0.717, 1.165) is 22.3 Å². The van der Waals surface area contributed by atoms with Crippen LogP contribution in [0.3, 0.4) is 0 Å². The lowest BCUT2D eigenvalue weighted by molar-refractivity contribution is 0.0992. The molecular weight excluding hydrogens is 366 g/mol. The van der Waals surface area contributed by atoms with Crippen LogP contribution >= 0.6 is 0 Å². The molecular formula is C24H21NO4. The molecule has 0 radical (unpaired) electrons. The molecule has 1 amide bonds. The lowest BCUT2D eigenvalue weighted by atomic mass is 10.1. The smallest absolute Gasteiger partial charge is 0.291 e. The molecule has 4 rings (SSSR count). The minimum Gasteiger partial charge on any atom is -0.494 e. The number of rotatable bonds is 7. The number of nitrogens with one attached hydrogen (secondary N) is 1. The largest absolute Gasteiger partial charge is 0.494 e. The maximum Gasteiger partial charge on any atom is 0.291 e. The molecule has 5 heteroatoms. The van der Waals surface area contributed by atoms with E-state index in [1.165, 1.54) is 0 Å². The van der Waals surface area contributed by atoms with Crippen molar-refractivity contribution in [2.75, 3.05) is 11.9 Å². The van der Waals surface area contributed by atoms with E-state index in [1.807, 2.05) is 61.5 Å². The Hall–Kier alpha value is -3.73. The average molecular weight is 387 g/mol. The molecule has 1 N–H and O–H groups in total. The molecule has 5 nitrogen and oxygen atoms in total. The molecule has 3 aromatic carbocycles. The summed E-state index contributed by atoms with van der Waals surface area (Å²) in [5.74, 6) is 2.03. The first kappa shape index (κ1) is 18.6. The van der Waals surface area contributed by atoms with Crippen LogP contribution in [0.5, 0.6) is 11.5 Å². The number of anilines is 1. The predicted molar refractivity (Wildman–Crippen MR) is 113 cm³/mol. The van der Waals surface area contributed by atoms with E-state index in [1.54, 1.807) is 24.3 Å². The van der Waals surface area contributed by atoms with Crippen LogP contribution in [0.25, 0.3) is 10.8 Å². The number of amides is 1. The minimum absolute atomic E-state index is 0.232. The van der Waals surface area contributed by atoms with Crippen molar-refractivity contribution >= 4 is 22.4 Å². The van der Waals surface area contributed by atoms with Gasteiger partial charge in [0.25, 0.3) is 5.91 Å². The molecule has 0 saturated heterocycles. The van der Waals surface area contributed by atoms with E-state index in [2.05, 4.69) is 5.32 Å². The van der Waals surface area contributed by atoms with Gasteiger partial charge < -0.3 is 19.2 Å². The van der Waals surface area contributed by atoms with Gasteiger partial charge in [0.05, 0.1) is 6.61 Å². The van der Waals surface area contributed by atoms with Gasteiger partial charge in [-0.25, -0.2) is 0 Å². The lowest BCUT2D eigenvalue weighted by Crippen LogP contribution is -2.10. The molecule has 0 aliphatic carbocycles. The van der Waals surface area contributed by atoms with Crippen molar-refractivity contribution in [1.29, 1.82) is 0 Å². The van der Waals surface area contributed by atoms with Crippen molar-refractivity contribution in [1.82, 2.24) is 0 Å². The zero-order valence-electron chi connectivity index (χ0n) is 16.1. The van der Waals surface area contributed by atoms with Crippen molar-refractivity contribution in [3.8, 4) is 11.5 Å². The molecule has 0 unspecified atom stereocenters. The van der Waals surface area contributed by atoms with Gasteiger partial charge in [0.1, 0.15) is 23.9 Å². The third-order valence-corrected chi connectivity index (χ3v) is 4.43. The normalized spacial score (nSPS) is 10.7. The van der Waals surface area contributed by atoms with Crippen molar-refractivity contribution in [2.24, 2.45) is 0 Å². The quantitative estimate of drug-likeness (QED) is 0.444. The molecule has 0 spiro atoms. The summed E-state index contributed by atoms with van der Waals surface area (Å²) in [6.45, 7) is 2.76. The maximum absolute atomic E-state index is 12.4. The van der Waals surface area contributed by atoms with E-state index in [0.29, 0.717) is 18.1 Å². The Balaban J connectivity index is 1.39. The van der Waals surface area contributed by atoms with Crippen molar-refractivity contribution < 1.29 is 18.7 Å². The van der Waals surface area contributed by atoms with E-state index in [-0.39, 0.29) is 18.3 Å². The summed E-state index contributed by atoms with van der Waals surface area (Å²) in [6, 6.07) is 24.5. The number of ether oxygens (including phenoxy) is 2. The summed E-state index contributed by atoms with van der Waals surface area (Å²) in [5.41, 5.74) is 0.670. The Morgan fingerprint density at radius 1 is 0.897 bits per heavy atom. The number of hydrogen-bond acceptors (Lipinski definition) is 4. The molecule has 4 aromatic rings. The van der Waals surface area contributed by atoms with E-state index in [9.17, 15) is 4.79 Å². The van der Waals surface area contributed by atoms with Crippen LogP contribution < -0.4 is 14.8 Å². The number of furan rings is 1. The average Bonchev–Trinajstić information content (AvgIpc) is 3.23. The zero-order valence-corrected chi connectivity index (χ0v) is 16.1. The summed E-state index contributed by atoms with van der Waals surface area (Å²) >= 11 is 0. The highest BCUT2D eigenvalue weighted by molar-refractivity contribution is 6.02. The van der Waals surface area contributed by atoms with Gasteiger partial charge >= 0.3 is 0 Å². The second-order valence-corrected chi connectivity index (χ2v) is 6.44. The standard InChI is InChI=1S/C24H21NO4/c1-2-27-19-12-10-18(11-13-19)25-24(26)23-15-14-20(29-23)16-28-22-9-5-7-17-6-3-4-8-21(17)22/h3-15H,2,16H2,1H3,(H,25,26). The van der Waals surface area contributed by atoms with Crippen LogP contribution in [0.2, 0.25) is 0 Å².